The average molecular weight is 1210 g/mol. The third kappa shape index (κ3) is 30.3. The van der Waals surface area contributed by atoms with Gasteiger partial charge in [-0.1, -0.05) is 55.7 Å². The smallest absolute Gasteiger partial charge is 0.326 e. The molecule has 9 amide bonds. The number of carboxylic acids is 5. The fourth-order valence-electron chi connectivity index (χ4n) is 7.99. The van der Waals surface area contributed by atoms with E-state index in [-0.39, 0.29) is 44.1 Å². The van der Waals surface area contributed by atoms with E-state index in [1.807, 2.05) is 16.1 Å². The molecule has 1 fully saturated rings. The molecule has 0 spiro atoms. The molecule has 1 heterocycles. The minimum atomic E-state index is -2.01. The molecule has 1 saturated heterocycles. The van der Waals surface area contributed by atoms with Gasteiger partial charge in [0.2, 0.25) is 53.2 Å². The molecule has 1 aliphatic rings. The molecule has 1 unspecified atom stereocenters. The van der Waals surface area contributed by atoms with Crippen LogP contribution in [0.3, 0.4) is 0 Å². The van der Waals surface area contributed by atoms with Gasteiger partial charge in [-0.25, -0.2) is 4.79 Å². The molecule has 1 rings (SSSR count). The van der Waals surface area contributed by atoms with E-state index in [1.54, 1.807) is 38.5 Å². The van der Waals surface area contributed by atoms with Crippen LogP contribution >= 0.6 is 21.6 Å². The number of hydrogen-bond acceptors (Lipinski definition) is 18. The zero-order valence-corrected chi connectivity index (χ0v) is 48.3. The summed E-state index contributed by atoms with van der Waals surface area (Å²) < 4.78 is 0. The number of aliphatic hydroxyl groups excluding tert-OH is 1. The zero-order valence-electron chi connectivity index (χ0n) is 46.7. The van der Waals surface area contributed by atoms with Crippen molar-refractivity contribution in [2.24, 2.45) is 17.6 Å². The molecular formula is C50H82N10O20S2. The Morgan fingerprint density at radius 1 is 0.451 bits per heavy atom. The van der Waals surface area contributed by atoms with Gasteiger partial charge < -0.3 is 84.2 Å². The summed E-state index contributed by atoms with van der Waals surface area (Å²) in [6.45, 7) is 6.77. The molecule has 17 N–H and O–H groups in total. The summed E-state index contributed by atoms with van der Waals surface area (Å²) in [4.78, 5) is 180. The first-order valence-electron chi connectivity index (χ1n) is 26.9. The Morgan fingerprint density at radius 3 is 1.30 bits per heavy atom. The molecule has 0 saturated carbocycles. The number of nitrogens with one attached hydrogen (secondary N) is 9. The van der Waals surface area contributed by atoms with E-state index in [9.17, 15) is 97.8 Å². The van der Waals surface area contributed by atoms with Gasteiger partial charge in [0.25, 0.3) is 0 Å². The monoisotopic (exact) mass is 1210 g/mol. The Morgan fingerprint density at radius 2 is 0.866 bits per heavy atom. The van der Waals surface area contributed by atoms with Gasteiger partial charge in [0, 0.05) is 30.3 Å². The van der Waals surface area contributed by atoms with Crippen LogP contribution in [-0.2, 0) is 67.1 Å². The lowest BCUT2D eigenvalue weighted by Gasteiger charge is -2.27. The van der Waals surface area contributed by atoms with Crippen LogP contribution in [-0.4, -0.2) is 192 Å². The van der Waals surface area contributed by atoms with Crippen molar-refractivity contribution in [2.75, 3.05) is 18.9 Å². The van der Waals surface area contributed by atoms with Crippen LogP contribution in [0.5, 0.6) is 0 Å². The number of nitrogens with two attached hydrogens (primary N) is 1. The summed E-state index contributed by atoms with van der Waals surface area (Å²) in [6, 6.07) is -15.2. The highest BCUT2D eigenvalue weighted by molar-refractivity contribution is 8.77. The maximum Gasteiger partial charge on any atom is 0.326 e. The number of aliphatic hydroxyl groups is 1. The van der Waals surface area contributed by atoms with Crippen molar-refractivity contribution < 1.29 is 97.8 Å². The summed E-state index contributed by atoms with van der Waals surface area (Å²) >= 11 is 0. The van der Waals surface area contributed by atoms with Gasteiger partial charge in [-0.05, 0) is 89.5 Å². The molecule has 32 heteroatoms. The number of carbonyl (C=O) groups excluding carboxylic acids is 9. The van der Waals surface area contributed by atoms with Crippen molar-refractivity contribution in [2.45, 2.75) is 197 Å². The Kier molecular flexibility index (Phi) is 34.7. The predicted molar refractivity (Wildman–Crippen MR) is 295 cm³/mol. The van der Waals surface area contributed by atoms with Crippen molar-refractivity contribution in [3.05, 3.63) is 0 Å². The van der Waals surface area contributed by atoms with Crippen molar-refractivity contribution in [3.63, 3.8) is 0 Å². The van der Waals surface area contributed by atoms with Crippen LogP contribution in [0.1, 0.15) is 137 Å². The molecule has 0 aromatic heterocycles. The lowest BCUT2D eigenvalue weighted by molar-refractivity contribution is -0.145. The number of unbranched alkanes of at least 4 members (excludes halogenated alkanes) is 2. The Balaban J connectivity index is 3.29. The first kappa shape index (κ1) is 73.2. The number of carbonyl (C=O) groups is 14. The lowest BCUT2D eigenvalue weighted by atomic mass is 10.0. The molecule has 10 atom stereocenters. The van der Waals surface area contributed by atoms with E-state index in [4.69, 9.17) is 5.73 Å². The highest BCUT2D eigenvalue weighted by atomic mass is 33.1. The second-order valence-corrected chi connectivity index (χ2v) is 23.3. The van der Waals surface area contributed by atoms with E-state index >= 15 is 0 Å². The van der Waals surface area contributed by atoms with E-state index in [1.165, 1.54) is 0 Å². The Labute approximate surface area is 482 Å². The summed E-state index contributed by atoms with van der Waals surface area (Å²) in [5.74, 6) is -16.9. The number of hydrogen-bond donors (Lipinski definition) is 16. The third-order valence-electron chi connectivity index (χ3n) is 12.3. The SMILES string of the molecule is CC(C)C[C@H](NC(=O)[C@H](CC(=O)O)NC(=O)[C@H](CC(=O)O)NC(=O)[C@H](C)NC(=O)[C@H](CC(C)C)NC(=O)[C@H](CO)NC(=O)[C@H](CCC(=O)O)NC(=O)[C@H](CCC(=O)O)NC(=O)[C@H](CCCCN)NC(=O)CCCCC1CCSS1)C(=O)O. The Hall–Kier alpha value is -6.80. The van der Waals surface area contributed by atoms with Crippen LogP contribution in [0.4, 0.5) is 0 Å². The van der Waals surface area contributed by atoms with Gasteiger partial charge >= 0.3 is 29.8 Å². The van der Waals surface area contributed by atoms with Crippen LogP contribution in [0.15, 0.2) is 0 Å². The summed E-state index contributed by atoms with van der Waals surface area (Å²) in [5.41, 5.74) is 5.65. The summed E-state index contributed by atoms with van der Waals surface area (Å²) in [5, 5.41) is 78.7. The topological polar surface area (TPSA) is 495 Å². The maximum atomic E-state index is 13.9. The largest absolute Gasteiger partial charge is 0.481 e. The highest BCUT2D eigenvalue weighted by Crippen LogP contribution is 2.40. The number of amides is 9. The molecule has 0 aromatic rings. The third-order valence-corrected chi connectivity index (χ3v) is 15.3. The van der Waals surface area contributed by atoms with Gasteiger partial charge in [0.1, 0.15) is 54.4 Å². The first-order valence-corrected chi connectivity index (χ1v) is 29.3. The second-order valence-electron chi connectivity index (χ2n) is 20.5. The molecule has 0 aliphatic carbocycles. The standard InChI is InChI=1S/C50H82N10O20S2/c1-25(2)20-32(46(75)52-27(5)42(71)56-33(22-40(67)68)47(76)58-34(23-41(69)70)48(77)59-35(50(79)80)21-26(3)4)57-49(78)36(24-61)60-45(74)31(14-16-39(65)66)55-44(73)30(13-15-38(63)64)54-43(72)29(11-8-9-18-51)53-37(62)12-7-6-10-28-17-19-81-82-28/h25-36,61H,6-24,51H2,1-5H3,(H,52,75)(H,53,62)(H,54,72)(H,55,73)(H,56,71)(H,57,78)(H,58,76)(H,59,77)(H,60,74)(H,63,64)(H,65,66)(H,67,68)(H,69,70)(H,79,80)/t27-,28?,29-,30-,31-,32-,33-,34-,35-,36-/m0/s1. The molecule has 82 heavy (non-hydrogen) atoms. The number of rotatable bonds is 42. The van der Waals surface area contributed by atoms with Crippen LogP contribution in [0.2, 0.25) is 0 Å². The second kappa shape index (κ2) is 38.8. The molecule has 30 nitrogen and oxygen atoms in total. The number of aliphatic carboxylic acids is 5. The van der Waals surface area contributed by atoms with Crippen molar-refractivity contribution >= 4 is 105 Å². The summed E-state index contributed by atoms with van der Waals surface area (Å²) in [7, 11) is 3.61. The Bertz CT molecular complexity index is 2220. The maximum absolute atomic E-state index is 13.9. The van der Waals surface area contributed by atoms with Gasteiger partial charge in [-0.2, -0.15) is 0 Å². The van der Waals surface area contributed by atoms with Gasteiger partial charge in [-0.15, -0.1) is 0 Å². The number of carboxylic acid groups (broad SMARTS) is 5. The molecule has 0 bridgehead atoms. The van der Waals surface area contributed by atoms with E-state index < -0.39 is 183 Å². The molecule has 0 aromatic carbocycles. The van der Waals surface area contributed by atoms with E-state index in [2.05, 4.69) is 42.5 Å². The quantitative estimate of drug-likeness (QED) is 0.0234. The fraction of sp³-hybridized carbons (Fsp3) is 0.720. The predicted octanol–water partition coefficient (Wildman–Crippen LogP) is -1.94. The average Bonchev–Trinajstić information content (AvgIpc) is 3.92. The van der Waals surface area contributed by atoms with Gasteiger partial charge in [0.05, 0.1) is 19.4 Å². The minimum absolute atomic E-state index is 0.0824. The fourth-order valence-corrected chi connectivity index (χ4v) is 11.0. The molecular weight excluding hydrogens is 1120 g/mol. The van der Waals surface area contributed by atoms with E-state index in [0.29, 0.717) is 24.5 Å². The van der Waals surface area contributed by atoms with Crippen molar-refractivity contribution in [3.8, 4) is 0 Å². The van der Waals surface area contributed by atoms with Crippen molar-refractivity contribution in [1.82, 2.24) is 47.9 Å². The normalized spacial score (nSPS) is 16.2. The minimum Gasteiger partial charge on any atom is -0.481 e. The van der Waals surface area contributed by atoms with Gasteiger partial charge in [0.15, 0.2) is 0 Å². The molecule has 464 valence electrons. The van der Waals surface area contributed by atoms with Crippen molar-refractivity contribution in [1.29, 1.82) is 0 Å². The molecule has 1 aliphatic heterocycles. The first-order chi connectivity index (χ1) is 38.5. The van der Waals surface area contributed by atoms with Gasteiger partial charge in [-0.3, -0.25) is 62.3 Å². The van der Waals surface area contributed by atoms with Crippen LogP contribution in [0.25, 0.3) is 0 Å². The summed E-state index contributed by atoms with van der Waals surface area (Å²) in [6.07, 6.45) is -0.659. The molecule has 0 radical (unpaired) electrons. The zero-order chi connectivity index (χ0) is 62.2. The van der Waals surface area contributed by atoms with E-state index in [0.717, 1.165) is 31.9 Å². The highest BCUT2D eigenvalue weighted by Gasteiger charge is 2.36. The lowest BCUT2D eigenvalue weighted by Crippen LogP contribution is -2.61. The van der Waals surface area contributed by atoms with Crippen LogP contribution in [0, 0.1) is 11.8 Å². The van der Waals surface area contributed by atoms with Crippen LogP contribution < -0.4 is 53.6 Å².